The highest BCUT2D eigenvalue weighted by Gasteiger charge is 2.36. The van der Waals surface area contributed by atoms with Crippen LogP contribution >= 0.6 is 0 Å². The quantitative estimate of drug-likeness (QED) is 0.838. The number of nitrogens with zero attached hydrogens (tertiary/aromatic N) is 3. The molecule has 152 valence electrons. The lowest BCUT2D eigenvalue weighted by Gasteiger charge is -2.40. The lowest BCUT2D eigenvalue weighted by Crippen LogP contribution is -2.47. The number of aryl methyl sites for hydroxylation is 1. The molecule has 0 spiro atoms. The molecule has 2 heterocycles. The molecule has 0 amide bonds. The maximum atomic E-state index is 4.84. The van der Waals surface area contributed by atoms with Gasteiger partial charge in [-0.05, 0) is 76.6 Å². The molecule has 0 saturated carbocycles. The first-order chi connectivity index (χ1) is 13.3. The van der Waals surface area contributed by atoms with Gasteiger partial charge in [0, 0.05) is 29.4 Å². The molecule has 4 heteroatoms. The van der Waals surface area contributed by atoms with Crippen molar-refractivity contribution >= 4 is 0 Å². The summed E-state index contributed by atoms with van der Waals surface area (Å²) in [7, 11) is 0. The van der Waals surface area contributed by atoms with Crippen LogP contribution in [-0.4, -0.2) is 39.9 Å². The third-order valence-electron chi connectivity index (χ3n) is 6.72. The molecule has 1 atom stereocenters. The maximum Gasteiger partial charge on any atom is 0.0678 e. The van der Waals surface area contributed by atoms with Gasteiger partial charge in [0.05, 0.1) is 11.9 Å². The van der Waals surface area contributed by atoms with Gasteiger partial charge in [0.2, 0.25) is 0 Å². The van der Waals surface area contributed by atoms with Crippen LogP contribution in [0, 0.1) is 12.3 Å². The number of nitrogens with one attached hydrogen (secondary N) is 1. The van der Waals surface area contributed by atoms with Crippen molar-refractivity contribution in [1.29, 1.82) is 0 Å². The third-order valence-corrected chi connectivity index (χ3v) is 6.72. The predicted octanol–water partition coefficient (Wildman–Crippen LogP) is 4.66. The summed E-state index contributed by atoms with van der Waals surface area (Å²) in [5.41, 5.74) is 5.58. The lowest BCUT2D eigenvalue weighted by atomic mass is 9.74. The molecule has 2 aromatic rings. The minimum absolute atomic E-state index is 0.282. The van der Waals surface area contributed by atoms with Gasteiger partial charge >= 0.3 is 0 Å². The first-order valence-electron chi connectivity index (χ1n) is 11.0. The van der Waals surface area contributed by atoms with E-state index in [-0.39, 0.29) is 5.41 Å². The fourth-order valence-electron chi connectivity index (χ4n) is 5.07. The monoisotopic (exact) mass is 380 g/mol. The van der Waals surface area contributed by atoms with E-state index < -0.39 is 0 Å². The van der Waals surface area contributed by atoms with Crippen molar-refractivity contribution < 1.29 is 0 Å². The minimum atomic E-state index is 0.282. The Hall–Kier alpha value is -1.65. The smallest absolute Gasteiger partial charge is 0.0678 e. The van der Waals surface area contributed by atoms with Crippen LogP contribution in [0.15, 0.2) is 30.5 Å². The number of hydrogen-bond acceptors (Lipinski definition) is 3. The molecule has 1 aromatic carbocycles. The van der Waals surface area contributed by atoms with Gasteiger partial charge in [-0.2, -0.15) is 5.10 Å². The van der Waals surface area contributed by atoms with Crippen molar-refractivity contribution in [1.82, 2.24) is 20.0 Å². The van der Waals surface area contributed by atoms with E-state index in [0.29, 0.717) is 18.1 Å². The zero-order chi connectivity index (χ0) is 19.9. The minimum Gasteiger partial charge on any atom is -0.307 e. The summed E-state index contributed by atoms with van der Waals surface area (Å²) in [4.78, 5) is 2.60. The van der Waals surface area contributed by atoms with E-state index in [1.807, 2.05) is 0 Å². The summed E-state index contributed by atoms with van der Waals surface area (Å²) in [6, 6.07) is 10.3. The summed E-state index contributed by atoms with van der Waals surface area (Å²) in [5.74, 6) is 0. The van der Waals surface area contributed by atoms with Crippen LogP contribution in [0.5, 0.6) is 0 Å². The van der Waals surface area contributed by atoms with Crippen LogP contribution < -0.4 is 5.32 Å². The zero-order valence-electron chi connectivity index (χ0n) is 18.2. The Labute approximate surface area is 170 Å². The summed E-state index contributed by atoms with van der Waals surface area (Å²) >= 11 is 0. The number of aromatic nitrogens is 2. The lowest BCUT2D eigenvalue weighted by molar-refractivity contribution is 0.147. The fraction of sp³-hybridized carbons (Fsp3) is 0.625. The second-order valence-electron chi connectivity index (χ2n) is 9.91. The summed E-state index contributed by atoms with van der Waals surface area (Å²) in [5, 5.41) is 8.87. The van der Waals surface area contributed by atoms with E-state index in [1.165, 1.54) is 54.9 Å². The Morgan fingerprint density at radius 1 is 1.14 bits per heavy atom. The Morgan fingerprint density at radius 3 is 2.54 bits per heavy atom. The molecular formula is C24H36N4. The van der Waals surface area contributed by atoms with Crippen LogP contribution in [0.1, 0.15) is 69.8 Å². The Balaban J connectivity index is 1.57. The van der Waals surface area contributed by atoms with E-state index in [4.69, 9.17) is 5.10 Å². The molecule has 2 aliphatic rings. The number of hydrogen-bond donors (Lipinski definition) is 1. The van der Waals surface area contributed by atoms with Crippen molar-refractivity contribution in [2.75, 3.05) is 13.1 Å². The molecule has 28 heavy (non-hydrogen) atoms. The van der Waals surface area contributed by atoms with Gasteiger partial charge in [-0.25, -0.2) is 4.68 Å². The Bertz CT molecular complexity index is 812. The van der Waals surface area contributed by atoms with Gasteiger partial charge in [0.15, 0.2) is 0 Å². The number of piperidine rings is 1. The number of fused-ring (bicyclic) bond motifs is 1. The molecule has 1 N–H and O–H groups in total. The van der Waals surface area contributed by atoms with Crippen molar-refractivity contribution in [3.05, 3.63) is 47.3 Å². The van der Waals surface area contributed by atoms with Crippen molar-refractivity contribution in [3.8, 4) is 5.69 Å². The van der Waals surface area contributed by atoms with Crippen molar-refractivity contribution in [3.63, 3.8) is 0 Å². The topological polar surface area (TPSA) is 33.1 Å². The number of likely N-dealkylation sites (tertiary alicyclic amines) is 1. The molecule has 4 rings (SSSR count). The van der Waals surface area contributed by atoms with E-state index in [9.17, 15) is 0 Å². The normalized spacial score (nSPS) is 23.1. The van der Waals surface area contributed by atoms with Crippen molar-refractivity contribution in [2.45, 2.75) is 78.4 Å². The van der Waals surface area contributed by atoms with Gasteiger partial charge in [-0.1, -0.05) is 32.0 Å². The average Bonchev–Trinajstić information content (AvgIpc) is 3.05. The molecule has 1 fully saturated rings. The molecule has 1 unspecified atom stereocenters. The molecule has 0 radical (unpaired) electrons. The van der Waals surface area contributed by atoms with Crippen LogP contribution in [-0.2, 0) is 6.42 Å². The molecular weight excluding hydrogens is 344 g/mol. The predicted molar refractivity (Wildman–Crippen MR) is 116 cm³/mol. The van der Waals surface area contributed by atoms with E-state index in [1.54, 1.807) is 0 Å². The van der Waals surface area contributed by atoms with Gasteiger partial charge in [0.1, 0.15) is 0 Å². The second kappa shape index (κ2) is 7.64. The molecule has 4 nitrogen and oxygen atoms in total. The highest BCUT2D eigenvalue weighted by Crippen LogP contribution is 2.42. The second-order valence-corrected chi connectivity index (χ2v) is 9.91. The molecule has 0 bridgehead atoms. The first-order valence-corrected chi connectivity index (χ1v) is 11.0. The maximum absolute atomic E-state index is 4.84. The van der Waals surface area contributed by atoms with Gasteiger partial charge in [-0.15, -0.1) is 0 Å². The Morgan fingerprint density at radius 2 is 1.86 bits per heavy atom. The molecule has 1 aliphatic carbocycles. The zero-order valence-corrected chi connectivity index (χ0v) is 18.2. The highest BCUT2D eigenvalue weighted by atomic mass is 15.3. The number of benzene rings is 1. The number of para-hydroxylation sites is 1. The van der Waals surface area contributed by atoms with E-state index in [2.05, 4.69) is 80.0 Å². The van der Waals surface area contributed by atoms with Crippen LogP contribution in [0.4, 0.5) is 0 Å². The molecule has 1 saturated heterocycles. The summed E-state index contributed by atoms with van der Waals surface area (Å²) in [6.07, 6.45) is 6.88. The molecule has 1 aromatic heterocycles. The summed E-state index contributed by atoms with van der Waals surface area (Å²) in [6.45, 7) is 14.0. The standard InChI is InChI=1S/C24H36N4/c1-17(2)27-12-10-19(11-13-27)26-21-14-24(4,5)15-23-20(21)16-25-28(23)22-9-7-6-8-18(22)3/h6-9,16-17,19,21,26H,10-15H2,1-5H3. The largest absolute Gasteiger partial charge is 0.307 e. The average molecular weight is 381 g/mol. The third kappa shape index (κ3) is 3.90. The van der Waals surface area contributed by atoms with Crippen molar-refractivity contribution in [2.24, 2.45) is 5.41 Å². The highest BCUT2D eigenvalue weighted by molar-refractivity contribution is 5.43. The van der Waals surface area contributed by atoms with E-state index in [0.717, 1.165) is 6.42 Å². The van der Waals surface area contributed by atoms with Crippen LogP contribution in [0.25, 0.3) is 5.69 Å². The first kappa shape index (κ1) is 19.7. The SMILES string of the molecule is Cc1ccccc1-n1ncc2c1CC(C)(C)CC2NC1CCN(C(C)C)CC1. The van der Waals surface area contributed by atoms with Crippen LogP contribution in [0.3, 0.4) is 0 Å². The van der Waals surface area contributed by atoms with E-state index >= 15 is 0 Å². The fourth-order valence-corrected chi connectivity index (χ4v) is 5.07. The number of rotatable bonds is 4. The Kier molecular flexibility index (Phi) is 5.36. The van der Waals surface area contributed by atoms with Gasteiger partial charge in [-0.3, -0.25) is 0 Å². The summed E-state index contributed by atoms with van der Waals surface area (Å²) < 4.78 is 2.20. The molecule has 1 aliphatic heterocycles. The van der Waals surface area contributed by atoms with Crippen LogP contribution in [0.2, 0.25) is 0 Å². The van der Waals surface area contributed by atoms with Gasteiger partial charge < -0.3 is 10.2 Å². The van der Waals surface area contributed by atoms with Gasteiger partial charge in [0.25, 0.3) is 0 Å².